The highest BCUT2D eigenvalue weighted by Gasteiger charge is 2.20. The first-order chi connectivity index (χ1) is 13.6. The Kier molecular flexibility index (Phi) is 5.17. The van der Waals surface area contributed by atoms with Crippen LogP contribution in [0.1, 0.15) is 18.6 Å². The van der Waals surface area contributed by atoms with E-state index in [1.54, 1.807) is 0 Å². The molecule has 4 rings (SSSR count). The molecular formula is C23H18BrNO3. The molecular weight excluding hydrogens is 418 g/mol. The van der Waals surface area contributed by atoms with Crippen molar-refractivity contribution >= 4 is 38.7 Å². The number of ether oxygens (including phenoxy) is 1. The van der Waals surface area contributed by atoms with Gasteiger partial charge in [-0.1, -0.05) is 70.5 Å². The molecule has 28 heavy (non-hydrogen) atoms. The smallest absolute Gasteiger partial charge is 0.412 e. The summed E-state index contributed by atoms with van der Waals surface area (Å²) in [6.45, 7) is 1.85. The molecule has 1 aromatic heterocycles. The molecule has 4 aromatic rings. The number of benzene rings is 3. The van der Waals surface area contributed by atoms with Crippen LogP contribution in [0.4, 0.5) is 10.5 Å². The summed E-state index contributed by atoms with van der Waals surface area (Å²) >= 11 is 3.44. The van der Waals surface area contributed by atoms with Crippen LogP contribution in [0.3, 0.4) is 0 Å². The summed E-state index contributed by atoms with van der Waals surface area (Å²) in [4.78, 5) is 12.6. The summed E-state index contributed by atoms with van der Waals surface area (Å²) in [5.74, 6) is 0.595. The molecule has 0 saturated carbocycles. The summed E-state index contributed by atoms with van der Waals surface area (Å²) in [6.07, 6.45) is -0.892. The number of carbonyl (C=O) groups excluding carboxylic acids is 1. The number of carbonyl (C=O) groups is 1. The minimum atomic E-state index is -0.527. The second kappa shape index (κ2) is 7.90. The first kappa shape index (κ1) is 18.3. The van der Waals surface area contributed by atoms with Crippen LogP contribution in [-0.2, 0) is 4.74 Å². The van der Waals surface area contributed by atoms with Crippen molar-refractivity contribution in [1.29, 1.82) is 0 Å². The molecule has 1 amide bonds. The summed E-state index contributed by atoms with van der Waals surface area (Å²) in [6, 6.07) is 25.0. The number of halogens is 1. The summed E-state index contributed by atoms with van der Waals surface area (Å²) in [5, 5.41) is 3.70. The second-order valence-corrected chi connectivity index (χ2v) is 7.31. The average Bonchev–Trinajstić information content (AvgIpc) is 3.07. The number of hydrogen-bond donors (Lipinski definition) is 1. The van der Waals surface area contributed by atoms with Crippen molar-refractivity contribution in [3.8, 4) is 11.3 Å². The number of hydrogen-bond acceptors (Lipinski definition) is 3. The quantitative estimate of drug-likeness (QED) is 0.369. The van der Waals surface area contributed by atoms with Crippen molar-refractivity contribution in [3.05, 3.63) is 88.9 Å². The van der Waals surface area contributed by atoms with Crippen molar-refractivity contribution in [2.75, 3.05) is 5.32 Å². The predicted octanol–water partition coefficient (Wildman–Crippen LogP) is 7.17. The third-order valence-corrected chi connectivity index (χ3v) is 5.01. The van der Waals surface area contributed by atoms with Crippen LogP contribution in [0.15, 0.2) is 87.8 Å². The zero-order valence-electron chi connectivity index (χ0n) is 15.2. The Morgan fingerprint density at radius 3 is 2.39 bits per heavy atom. The van der Waals surface area contributed by atoms with Gasteiger partial charge in [-0.25, -0.2) is 4.79 Å². The van der Waals surface area contributed by atoms with Crippen molar-refractivity contribution in [2.45, 2.75) is 13.0 Å². The minimum Gasteiger partial charge on any atom is -0.454 e. The normalized spacial score (nSPS) is 11.9. The fourth-order valence-electron chi connectivity index (χ4n) is 3.06. The molecule has 0 aliphatic carbocycles. The molecule has 4 nitrogen and oxygen atoms in total. The molecule has 5 heteroatoms. The van der Waals surface area contributed by atoms with Gasteiger partial charge in [0.25, 0.3) is 0 Å². The molecule has 0 spiro atoms. The molecule has 1 heterocycles. The molecule has 0 radical (unpaired) electrons. The molecule has 0 saturated heterocycles. The predicted molar refractivity (Wildman–Crippen MR) is 114 cm³/mol. The largest absolute Gasteiger partial charge is 0.454 e. The Morgan fingerprint density at radius 2 is 1.64 bits per heavy atom. The number of nitrogens with one attached hydrogen (secondary N) is 1. The SMILES string of the molecule is C[C@@H](OC(=O)Nc1c(-c2ccc(Br)cc2)oc2ccccc12)c1ccccc1. The molecule has 1 N–H and O–H groups in total. The van der Waals surface area contributed by atoms with Gasteiger partial charge in [-0.05, 0) is 36.8 Å². The molecule has 0 aliphatic rings. The van der Waals surface area contributed by atoms with E-state index in [1.807, 2.05) is 85.8 Å². The molecule has 0 aliphatic heterocycles. The van der Waals surface area contributed by atoms with Crippen molar-refractivity contribution in [1.82, 2.24) is 0 Å². The van der Waals surface area contributed by atoms with Crippen LogP contribution in [0.25, 0.3) is 22.3 Å². The third-order valence-electron chi connectivity index (χ3n) is 4.48. The summed E-state index contributed by atoms with van der Waals surface area (Å²) < 4.78 is 12.6. The van der Waals surface area contributed by atoms with E-state index in [2.05, 4.69) is 21.2 Å². The number of rotatable bonds is 4. The molecule has 1 atom stereocenters. The summed E-state index contributed by atoms with van der Waals surface area (Å²) in [5.41, 5.74) is 3.10. The van der Waals surface area contributed by atoms with E-state index in [0.717, 1.165) is 21.0 Å². The Balaban J connectivity index is 1.64. The number of amides is 1. The van der Waals surface area contributed by atoms with Crippen molar-refractivity contribution < 1.29 is 13.9 Å². The Hall–Kier alpha value is -3.05. The molecule has 0 bridgehead atoms. The molecule has 0 unspecified atom stereocenters. The number of para-hydroxylation sites is 1. The van der Waals surface area contributed by atoms with E-state index in [-0.39, 0.29) is 6.10 Å². The van der Waals surface area contributed by atoms with Crippen molar-refractivity contribution in [3.63, 3.8) is 0 Å². The first-order valence-corrected chi connectivity index (χ1v) is 9.71. The van der Waals surface area contributed by atoms with Gasteiger partial charge in [0.15, 0.2) is 5.76 Å². The van der Waals surface area contributed by atoms with Gasteiger partial charge in [-0.15, -0.1) is 0 Å². The fraction of sp³-hybridized carbons (Fsp3) is 0.0870. The van der Waals surface area contributed by atoms with Gasteiger partial charge in [0.05, 0.1) is 5.69 Å². The van der Waals surface area contributed by atoms with Crippen LogP contribution >= 0.6 is 15.9 Å². The lowest BCUT2D eigenvalue weighted by Crippen LogP contribution is -2.16. The highest BCUT2D eigenvalue weighted by Crippen LogP contribution is 2.38. The van der Waals surface area contributed by atoms with Gasteiger partial charge in [0, 0.05) is 15.4 Å². The number of furan rings is 1. The Bertz CT molecular complexity index is 1100. The molecule has 0 fully saturated rings. The lowest BCUT2D eigenvalue weighted by molar-refractivity contribution is 0.121. The van der Waals surface area contributed by atoms with Gasteiger partial charge in [0.2, 0.25) is 0 Å². The Morgan fingerprint density at radius 1 is 0.964 bits per heavy atom. The zero-order chi connectivity index (χ0) is 19.5. The van der Waals surface area contributed by atoms with E-state index in [9.17, 15) is 4.79 Å². The van der Waals surface area contributed by atoms with Crippen LogP contribution in [0.2, 0.25) is 0 Å². The molecule has 3 aromatic carbocycles. The van der Waals surface area contributed by atoms with Gasteiger partial charge in [-0.2, -0.15) is 0 Å². The first-order valence-electron chi connectivity index (χ1n) is 8.92. The van der Waals surface area contributed by atoms with E-state index in [1.165, 1.54) is 0 Å². The lowest BCUT2D eigenvalue weighted by Gasteiger charge is -2.14. The topological polar surface area (TPSA) is 51.5 Å². The maximum Gasteiger partial charge on any atom is 0.412 e. The monoisotopic (exact) mass is 435 g/mol. The van der Waals surface area contributed by atoms with Gasteiger partial charge >= 0.3 is 6.09 Å². The van der Waals surface area contributed by atoms with E-state index >= 15 is 0 Å². The van der Waals surface area contributed by atoms with Gasteiger partial charge in [0.1, 0.15) is 11.7 Å². The molecule has 140 valence electrons. The van der Waals surface area contributed by atoms with E-state index < -0.39 is 6.09 Å². The van der Waals surface area contributed by atoms with Crippen LogP contribution in [0.5, 0.6) is 0 Å². The van der Waals surface area contributed by atoms with Crippen molar-refractivity contribution in [2.24, 2.45) is 0 Å². The average molecular weight is 436 g/mol. The lowest BCUT2D eigenvalue weighted by atomic mass is 10.1. The van der Waals surface area contributed by atoms with E-state index in [4.69, 9.17) is 9.15 Å². The fourth-order valence-corrected chi connectivity index (χ4v) is 3.32. The van der Waals surface area contributed by atoms with Crippen LogP contribution in [-0.4, -0.2) is 6.09 Å². The van der Waals surface area contributed by atoms with E-state index in [0.29, 0.717) is 17.0 Å². The third kappa shape index (κ3) is 3.80. The summed E-state index contributed by atoms with van der Waals surface area (Å²) in [7, 11) is 0. The van der Waals surface area contributed by atoms with Crippen LogP contribution < -0.4 is 5.32 Å². The standard InChI is InChI=1S/C23H18BrNO3/c1-15(16-7-3-2-4-8-16)27-23(26)25-21-19-9-5-6-10-20(19)28-22(21)17-11-13-18(24)14-12-17/h2-15H,1H3,(H,25,26)/t15-/m1/s1. The highest BCUT2D eigenvalue weighted by atomic mass is 79.9. The van der Waals surface area contributed by atoms with Crippen LogP contribution in [0, 0.1) is 0 Å². The minimum absolute atomic E-state index is 0.365. The van der Waals surface area contributed by atoms with Gasteiger partial charge in [-0.3, -0.25) is 5.32 Å². The number of anilines is 1. The highest BCUT2D eigenvalue weighted by molar-refractivity contribution is 9.10. The number of fused-ring (bicyclic) bond motifs is 1. The van der Waals surface area contributed by atoms with Gasteiger partial charge < -0.3 is 9.15 Å². The zero-order valence-corrected chi connectivity index (χ0v) is 16.8. The maximum absolute atomic E-state index is 12.6. The maximum atomic E-state index is 12.6. The Labute approximate surface area is 171 Å². The second-order valence-electron chi connectivity index (χ2n) is 6.39.